The van der Waals surface area contributed by atoms with Crippen LogP contribution in [0, 0.1) is 15.9 Å². The molecule has 0 aliphatic heterocycles. The summed E-state index contributed by atoms with van der Waals surface area (Å²) in [6.07, 6.45) is -0.811. The predicted molar refractivity (Wildman–Crippen MR) is 64.8 cm³/mol. The van der Waals surface area contributed by atoms with E-state index in [0.29, 0.717) is 0 Å². The number of hydrogen-bond acceptors (Lipinski definition) is 5. The van der Waals surface area contributed by atoms with Crippen molar-refractivity contribution in [3.05, 3.63) is 28.1 Å². The van der Waals surface area contributed by atoms with Crippen LogP contribution in [0.1, 0.15) is 0 Å². The summed E-state index contributed by atoms with van der Waals surface area (Å²) in [6.45, 7) is 0.0805. The van der Waals surface area contributed by atoms with Gasteiger partial charge in [-0.05, 0) is 0 Å². The molecule has 6 nitrogen and oxygen atoms in total. The van der Waals surface area contributed by atoms with Gasteiger partial charge in [-0.15, -0.1) is 11.6 Å². The van der Waals surface area contributed by atoms with Crippen LogP contribution in [0.4, 0.5) is 15.8 Å². The minimum Gasteiger partial charge on any atom is -0.494 e. The fourth-order valence-electron chi connectivity index (χ4n) is 1.27. The first-order valence-corrected chi connectivity index (χ1v) is 5.52. The smallest absolute Gasteiger partial charge is 0.308 e. The predicted octanol–water partition coefficient (Wildman–Crippen LogP) is 1.75. The number of hydrogen-bond donors (Lipinski definition) is 2. The molecule has 0 spiro atoms. The monoisotopic (exact) mass is 278 g/mol. The van der Waals surface area contributed by atoms with Crippen LogP contribution in [0.25, 0.3) is 0 Å². The maximum atomic E-state index is 13.4. The lowest BCUT2D eigenvalue weighted by atomic mass is 10.2. The van der Waals surface area contributed by atoms with E-state index in [0.717, 1.165) is 12.1 Å². The van der Waals surface area contributed by atoms with E-state index < -0.39 is 22.5 Å². The average molecular weight is 279 g/mol. The number of nitrogens with one attached hydrogen (secondary N) is 1. The molecule has 1 unspecified atom stereocenters. The van der Waals surface area contributed by atoms with Crippen molar-refractivity contribution < 1.29 is 19.2 Å². The van der Waals surface area contributed by atoms with Crippen molar-refractivity contribution in [2.24, 2.45) is 0 Å². The Morgan fingerprint density at radius 2 is 2.33 bits per heavy atom. The van der Waals surface area contributed by atoms with Crippen molar-refractivity contribution in [1.29, 1.82) is 0 Å². The maximum Gasteiger partial charge on any atom is 0.308 e. The summed E-state index contributed by atoms with van der Waals surface area (Å²) >= 11 is 5.41. The fourth-order valence-corrected chi connectivity index (χ4v) is 1.38. The van der Waals surface area contributed by atoms with E-state index in [9.17, 15) is 19.6 Å². The highest BCUT2D eigenvalue weighted by atomic mass is 35.5. The Balaban J connectivity index is 2.98. The van der Waals surface area contributed by atoms with Crippen molar-refractivity contribution in [3.8, 4) is 5.75 Å². The lowest BCUT2D eigenvalue weighted by Crippen LogP contribution is -2.21. The van der Waals surface area contributed by atoms with Gasteiger partial charge >= 0.3 is 5.69 Å². The Bertz CT molecular complexity index is 444. The molecule has 1 aromatic carbocycles. The van der Waals surface area contributed by atoms with Crippen molar-refractivity contribution in [2.45, 2.75) is 6.10 Å². The number of methoxy groups -OCH3 is 1. The van der Waals surface area contributed by atoms with Gasteiger partial charge in [0.15, 0.2) is 0 Å². The Morgan fingerprint density at radius 1 is 1.67 bits per heavy atom. The first kappa shape index (κ1) is 14.5. The summed E-state index contributed by atoms with van der Waals surface area (Å²) in [5.74, 6) is -0.848. The Kier molecular flexibility index (Phi) is 5.11. The van der Waals surface area contributed by atoms with Gasteiger partial charge in [-0.2, -0.15) is 4.39 Å². The van der Waals surface area contributed by atoms with Crippen molar-refractivity contribution in [2.75, 3.05) is 24.9 Å². The number of nitro groups is 1. The summed E-state index contributed by atoms with van der Waals surface area (Å²) in [5.41, 5.74) is -0.458. The molecule has 0 radical (unpaired) electrons. The number of nitro benzene ring substituents is 1. The molecule has 0 aliphatic rings. The lowest BCUT2D eigenvalue weighted by molar-refractivity contribution is -0.387. The topological polar surface area (TPSA) is 84.6 Å². The van der Waals surface area contributed by atoms with Crippen molar-refractivity contribution in [3.63, 3.8) is 0 Å². The summed E-state index contributed by atoms with van der Waals surface area (Å²) in [6, 6.07) is 1.92. The van der Waals surface area contributed by atoms with Gasteiger partial charge in [0.2, 0.25) is 5.82 Å². The van der Waals surface area contributed by atoms with E-state index in [1.165, 1.54) is 7.11 Å². The van der Waals surface area contributed by atoms with Gasteiger partial charge in [-0.1, -0.05) is 0 Å². The summed E-state index contributed by atoms with van der Waals surface area (Å²) in [7, 11) is 1.31. The third-order valence-electron chi connectivity index (χ3n) is 2.17. The molecule has 0 heterocycles. The minimum absolute atomic E-state index is 0.0186. The molecule has 1 atom stereocenters. The number of anilines is 1. The number of alkyl halides is 1. The maximum absolute atomic E-state index is 13.4. The number of aliphatic hydroxyl groups is 1. The molecule has 0 saturated heterocycles. The summed E-state index contributed by atoms with van der Waals surface area (Å²) in [5, 5.41) is 22.5. The van der Waals surface area contributed by atoms with Crippen LogP contribution in [0.3, 0.4) is 0 Å². The molecule has 0 aromatic heterocycles. The normalized spacial score (nSPS) is 12.0. The van der Waals surface area contributed by atoms with Gasteiger partial charge in [-0.25, -0.2) is 0 Å². The van der Waals surface area contributed by atoms with Crippen molar-refractivity contribution >= 4 is 23.0 Å². The molecule has 100 valence electrons. The molecule has 0 fully saturated rings. The second kappa shape index (κ2) is 6.36. The second-order valence-electron chi connectivity index (χ2n) is 3.45. The van der Waals surface area contributed by atoms with E-state index >= 15 is 0 Å². The second-order valence-corrected chi connectivity index (χ2v) is 3.76. The highest BCUT2D eigenvalue weighted by Gasteiger charge is 2.19. The van der Waals surface area contributed by atoms with Crippen LogP contribution < -0.4 is 10.1 Å². The minimum atomic E-state index is -0.983. The molecule has 0 saturated carbocycles. The molecular formula is C10H12ClFN2O4. The SMILES string of the molecule is COc1cc([N+](=O)[O-])c(F)cc1NCC(O)CCl. The third kappa shape index (κ3) is 3.44. The van der Waals surface area contributed by atoms with E-state index in [-0.39, 0.29) is 23.9 Å². The highest BCUT2D eigenvalue weighted by Crippen LogP contribution is 2.31. The quantitative estimate of drug-likeness (QED) is 0.470. The van der Waals surface area contributed by atoms with Crippen LogP contribution in [-0.4, -0.2) is 35.7 Å². The van der Waals surface area contributed by atoms with Gasteiger partial charge in [0.25, 0.3) is 0 Å². The highest BCUT2D eigenvalue weighted by molar-refractivity contribution is 6.18. The zero-order valence-corrected chi connectivity index (χ0v) is 10.3. The average Bonchev–Trinajstić information content (AvgIpc) is 2.35. The number of aliphatic hydroxyl groups excluding tert-OH is 1. The van der Waals surface area contributed by atoms with Crippen LogP contribution in [0.5, 0.6) is 5.75 Å². The van der Waals surface area contributed by atoms with E-state index in [4.69, 9.17) is 16.3 Å². The van der Waals surface area contributed by atoms with Gasteiger partial charge in [0.1, 0.15) is 5.75 Å². The molecule has 18 heavy (non-hydrogen) atoms. The van der Waals surface area contributed by atoms with Crippen LogP contribution in [0.2, 0.25) is 0 Å². The molecular weight excluding hydrogens is 267 g/mol. The first-order valence-electron chi connectivity index (χ1n) is 4.99. The molecule has 8 heteroatoms. The number of nitrogens with zero attached hydrogens (tertiary/aromatic N) is 1. The standard InChI is InChI=1S/C10H12ClFN2O4/c1-18-10-3-9(14(16)17)7(12)2-8(10)13-5-6(15)4-11/h2-3,6,13,15H,4-5H2,1H3. The molecule has 1 rings (SSSR count). The number of ether oxygens (including phenoxy) is 1. The Morgan fingerprint density at radius 3 is 2.83 bits per heavy atom. The molecule has 0 aliphatic carbocycles. The van der Waals surface area contributed by atoms with Gasteiger partial charge < -0.3 is 15.2 Å². The van der Waals surface area contributed by atoms with Crippen LogP contribution >= 0.6 is 11.6 Å². The van der Waals surface area contributed by atoms with E-state index in [1.54, 1.807) is 0 Å². The third-order valence-corrected chi connectivity index (χ3v) is 2.53. The van der Waals surface area contributed by atoms with Crippen molar-refractivity contribution in [1.82, 2.24) is 0 Å². The Hall–Kier alpha value is -1.60. The lowest BCUT2D eigenvalue weighted by Gasteiger charge is -2.13. The van der Waals surface area contributed by atoms with E-state index in [1.807, 2.05) is 0 Å². The fraction of sp³-hybridized carbons (Fsp3) is 0.400. The number of benzene rings is 1. The van der Waals surface area contributed by atoms with Crippen LogP contribution in [-0.2, 0) is 0 Å². The first-order chi connectivity index (χ1) is 8.49. The number of rotatable bonds is 6. The molecule has 0 bridgehead atoms. The zero-order chi connectivity index (χ0) is 13.7. The summed E-state index contributed by atoms with van der Waals surface area (Å²) < 4.78 is 18.3. The van der Waals surface area contributed by atoms with Gasteiger partial charge in [0, 0.05) is 12.6 Å². The largest absolute Gasteiger partial charge is 0.494 e. The van der Waals surface area contributed by atoms with E-state index in [2.05, 4.69) is 5.32 Å². The summed E-state index contributed by atoms with van der Waals surface area (Å²) in [4.78, 5) is 9.71. The molecule has 1 aromatic rings. The molecule has 2 N–H and O–H groups in total. The molecule has 0 amide bonds. The van der Waals surface area contributed by atoms with Gasteiger partial charge in [-0.3, -0.25) is 10.1 Å². The van der Waals surface area contributed by atoms with Gasteiger partial charge in [0.05, 0.1) is 35.8 Å². The number of halogens is 2. The Labute approximate surface area is 107 Å². The zero-order valence-electron chi connectivity index (χ0n) is 9.52. The van der Waals surface area contributed by atoms with Crippen LogP contribution in [0.15, 0.2) is 12.1 Å².